The number of carbonyl (C=O) groups is 2. The lowest BCUT2D eigenvalue weighted by Gasteiger charge is -1.92. The third-order valence-electron chi connectivity index (χ3n) is 1.04. The van der Waals surface area contributed by atoms with Crippen molar-refractivity contribution in [3.8, 4) is 0 Å². The van der Waals surface area contributed by atoms with Crippen molar-refractivity contribution >= 4 is 17.8 Å². The van der Waals surface area contributed by atoms with Crippen LogP contribution in [0.5, 0.6) is 0 Å². The number of hydrogen-bond donors (Lipinski definition) is 3. The van der Waals surface area contributed by atoms with E-state index in [2.05, 4.69) is 15.6 Å². The van der Waals surface area contributed by atoms with Crippen LogP contribution >= 0.6 is 0 Å². The second kappa shape index (κ2) is 3.11. The summed E-state index contributed by atoms with van der Waals surface area (Å²) in [6.45, 7) is 0.0468. The summed E-state index contributed by atoms with van der Waals surface area (Å²) in [5.74, 6) is -1.34. The predicted molar refractivity (Wildman–Crippen MR) is 35.7 cm³/mol. The number of hydrogen-bond acceptors (Lipinski definition) is 4. The summed E-state index contributed by atoms with van der Waals surface area (Å²) >= 11 is 0. The maximum Gasteiger partial charge on any atom is 0.316 e. The molecule has 0 bridgehead atoms. The van der Waals surface area contributed by atoms with Gasteiger partial charge in [0.15, 0.2) is 0 Å². The summed E-state index contributed by atoms with van der Waals surface area (Å²) in [7, 11) is 0. The van der Waals surface area contributed by atoms with E-state index in [-0.39, 0.29) is 19.1 Å². The lowest BCUT2D eigenvalue weighted by Crippen LogP contribution is -2.26. The highest BCUT2D eigenvalue weighted by Gasteiger charge is 2.24. The predicted octanol–water partition coefficient (Wildman–Crippen LogP) is -2.42. The number of carbonyl (C=O) groups excluding carboxylic acids is 2. The Bertz CT molecular complexity index is 205. The Balaban J connectivity index is 2.53. The Morgan fingerprint density at radius 2 is 1.82 bits per heavy atom. The third kappa shape index (κ3) is 1.74. The van der Waals surface area contributed by atoms with Gasteiger partial charge in [0.05, 0.1) is 13.2 Å². The van der Waals surface area contributed by atoms with Gasteiger partial charge in [-0.2, -0.15) is 0 Å². The molecule has 1 heterocycles. The Labute approximate surface area is 62.3 Å². The number of guanidine groups is 1. The van der Waals surface area contributed by atoms with Crippen molar-refractivity contribution in [3.63, 3.8) is 0 Å². The maximum absolute atomic E-state index is 10.5. The zero-order valence-corrected chi connectivity index (χ0v) is 5.63. The molecule has 0 radical (unpaired) electrons. The SMILES string of the molecule is O=C1NC(=NCCO)NC1=O. The molecule has 1 aliphatic rings. The number of aliphatic imine (C=N–C) groups is 1. The van der Waals surface area contributed by atoms with Gasteiger partial charge in [-0.05, 0) is 0 Å². The van der Waals surface area contributed by atoms with Crippen LogP contribution in [0.25, 0.3) is 0 Å². The highest BCUT2D eigenvalue weighted by Crippen LogP contribution is 1.81. The molecular formula is C5H7N3O3. The smallest absolute Gasteiger partial charge is 0.316 e. The van der Waals surface area contributed by atoms with Gasteiger partial charge in [0, 0.05) is 0 Å². The van der Waals surface area contributed by atoms with Gasteiger partial charge in [-0.1, -0.05) is 0 Å². The van der Waals surface area contributed by atoms with E-state index in [9.17, 15) is 9.59 Å². The van der Waals surface area contributed by atoms with E-state index in [4.69, 9.17) is 5.11 Å². The minimum Gasteiger partial charge on any atom is -0.394 e. The molecule has 11 heavy (non-hydrogen) atoms. The third-order valence-corrected chi connectivity index (χ3v) is 1.04. The van der Waals surface area contributed by atoms with Crippen LogP contribution in [0, 0.1) is 0 Å². The first-order valence-electron chi connectivity index (χ1n) is 3.01. The molecule has 1 rings (SSSR count). The van der Waals surface area contributed by atoms with E-state index in [1.165, 1.54) is 0 Å². The number of aliphatic hydroxyl groups is 1. The van der Waals surface area contributed by atoms with Crippen molar-refractivity contribution in [2.75, 3.05) is 13.2 Å². The van der Waals surface area contributed by atoms with Gasteiger partial charge in [0.1, 0.15) is 0 Å². The summed E-state index contributed by atoms with van der Waals surface area (Å²) in [5.41, 5.74) is 0. The van der Waals surface area contributed by atoms with Crippen molar-refractivity contribution in [1.82, 2.24) is 10.6 Å². The number of amides is 2. The number of nitrogens with zero attached hydrogens (tertiary/aromatic N) is 1. The largest absolute Gasteiger partial charge is 0.394 e. The molecule has 1 saturated heterocycles. The fraction of sp³-hybridized carbons (Fsp3) is 0.400. The first kappa shape index (κ1) is 7.67. The topological polar surface area (TPSA) is 90.8 Å². The summed E-state index contributed by atoms with van der Waals surface area (Å²) in [6, 6.07) is 0. The van der Waals surface area contributed by atoms with Crippen LogP contribution in [0.2, 0.25) is 0 Å². The number of rotatable bonds is 2. The minimum atomic E-state index is -0.721. The van der Waals surface area contributed by atoms with E-state index < -0.39 is 11.8 Å². The number of nitrogens with one attached hydrogen (secondary N) is 2. The summed E-state index contributed by atoms with van der Waals surface area (Å²) < 4.78 is 0. The van der Waals surface area contributed by atoms with Gasteiger partial charge in [-0.3, -0.25) is 25.2 Å². The lowest BCUT2D eigenvalue weighted by atomic mass is 10.6. The fourth-order valence-electron chi connectivity index (χ4n) is 0.601. The molecule has 2 amide bonds. The van der Waals surface area contributed by atoms with E-state index in [1.54, 1.807) is 0 Å². The summed E-state index contributed by atoms with van der Waals surface area (Å²) in [6.07, 6.45) is 0. The quantitative estimate of drug-likeness (QED) is 0.389. The molecule has 6 heteroatoms. The Hall–Kier alpha value is -1.43. The van der Waals surface area contributed by atoms with E-state index in [1.807, 2.05) is 0 Å². The minimum absolute atomic E-state index is 0.106. The van der Waals surface area contributed by atoms with E-state index in [0.29, 0.717) is 0 Å². The fourth-order valence-corrected chi connectivity index (χ4v) is 0.601. The summed E-state index contributed by atoms with van der Waals surface area (Å²) in [5, 5.41) is 12.7. The van der Waals surface area contributed by atoms with Crippen molar-refractivity contribution in [1.29, 1.82) is 0 Å². The van der Waals surface area contributed by atoms with Crippen LogP contribution in [-0.2, 0) is 9.59 Å². The Kier molecular flexibility index (Phi) is 2.17. The Morgan fingerprint density at radius 1 is 1.27 bits per heavy atom. The standard InChI is InChI=1S/C5H7N3O3/c9-2-1-6-5-7-3(10)4(11)8-5/h9H,1-2H2,(H2,6,7,8,10,11). The molecule has 0 aliphatic carbocycles. The zero-order valence-electron chi connectivity index (χ0n) is 5.63. The first-order valence-corrected chi connectivity index (χ1v) is 3.01. The highest BCUT2D eigenvalue weighted by molar-refractivity contribution is 6.45. The van der Waals surface area contributed by atoms with E-state index in [0.717, 1.165) is 0 Å². The Morgan fingerprint density at radius 3 is 2.27 bits per heavy atom. The zero-order chi connectivity index (χ0) is 8.27. The van der Waals surface area contributed by atoms with Crippen LogP contribution in [0.15, 0.2) is 4.99 Å². The van der Waals surface area contributed by atoms with Gasteiger partial charge in [0.25, 0.3) is 0 Å². The van der Waals surface area contributed by atoms with Crippen LogP contribution in [-0.4, -0.2) is 36.0 Å². The molecule has 0 aromatic heterocycles. The van der Waals surface area contributed by atoms with Gasteiger partial charge >= 0.3 is 11.8 Å². The van der Waals surface area contributed by atoms with Gasteiger partial charge in [0.2, 0.25) is 5.96 Å². The molecule has 0 atom stereocenters. The molecule has 3 N–H and O–H groups in total. The molecule has 0 spiro atoms. The monoisotopic (exact) mass is 157 g/mol. The van der Waals surface area contributed by atoms with Crippen LogP contribution in [0.4, 0.5) is 0 Å². The van der Waals surface area contributed by atoms with Crippen molar-refractivity contribution in [2.45, 2.75) is 0 Å². The van der Waals surface area contributed by atoms with Gasteiger partial charge < -0.3 is 5.11 Å². The molecule has 1 aliphatic heterocycles. The molecule has 0 unspecified atom stereocenters. The van der Waals surface area contributed by atoms with Gasteiger partial charge in [-0.25, -0.2) is 0 Å². The lowest BCUT2D eigenvalue weighted by molar-refractivity contribution is -0.135. The second-order valence-electron chi connectivity index (χ2n) is 1.86. The van der Waals surface area contributed by atoms with Crippen molar-refractivity contribution in [2.24, 2.45) is 4.99 Å². The maximum atomic E-state index is 10.5. The molecule has 0 aromatic rings. The average Bonchev–Trinajstić information content (AvgIpc) is 2.28. The molecule has 6 nitrogen and oxygen atoms in total. The normalized spacial score (nSPS) is 16.3. The molecule has 0 aromatic carbocycles. The highest BCUT2D eigenvalue weighted by atomic mass is 16.3. The van der Waals surface area contributed by atoms with Crippen LogP contribution in [0.3, 0.4) is 0 Å². The second-order valence-corrected chi connectivity index (χ2v) is 1.86. The van der Waals surface area contributed by atoms with Crippen molar-refractivity contribution in [3.05, 3.63) is 0 Å². The number of aliphatic hydroxyl groups excluding tert-OH is 1. The molecule has 60 valence electrons. The van der Waals surface area contributed by atoms with Gasteiger partial charge in [-0.15, -0.1) is 0 Å². The summed E-state index contributed by atoms with van der Waals surface area (Å²) in [4.78, 5) is 24.6. The van der Waals surface area contributed by atoms with E-state index >= 15 is 0 Å². The molecular weight excluding hydrogens is 150 g/mol. The molecule has 0 saturated carbocycles. The van der Waals surface area contributed by atoms with Crippen LogP contribution in [0.1, 0.15) is 0 Å². The average molecular weight is 157 g/mol. The molecule has 1 fully saturated rings. The van der Waals surface area contributed by atoms with Crippen molar-refractivity contribution < 1.29 is 14.7 Å². The first-order chi connectivity index (χ1) is 5.24. The van der Waals surface area contributed by atoms with Crippen LogP contribution < -0.4 is 10.6 Å².